The smallest absolute Gasteiger partial charge is 0.409 e. The van der Waals surface area contributed by atoms with E-state index < -0.39 is 5.97 Å². The van der Waals surface area contributed by atoms with Crippen LogP contribution in [-0.2, 0) is 9.47 Å². The van der Waals surface area contributed by atoms with Gasteiger partial charge < -0.3 is 25.0 Å². The summed E-state index contributed by atoms with van der Waals surface area (Å²) in [5, 5.41) is 6.56. The molecule has 3 rings (SSSR count). The van der Waals surface area contributed by atoms with Crippen LogP contribution in [0.4, 0.5) is 22.1 Å². The molecule has 9 nitrogen and oxygen atoms in total. The zero-order chi connectivity index (χ0) is 20.6. The summed E-state index contributed by atoms with van der Waals surface area (Å²) < 4.78 is 9.79. The fourth-order valence-corrected chi connectivity index (χ4v) is 3.12. The van der Waals surface area contributed by atoms with Gasteiger partial charge in [-0.2, -0.15) is 0 Å². The van der Waals surface area contributed by atoms with Crippen molar-refractivity contribution in [3.63, 3.8) is 0 Å². The van der Waals surface area contributed by atoms with Crippen molar-refractivity contribution in [1.82, 2.24) is 14.9 Å². The van der Waals surface area contributed by atoms with Gasteiger partial charge >= 0.3 is 12.1 Å². The maximum atomic E-state index is 11.8. The zero-order valence-electron chi connectivity index (χ0n) is 16.6. The third-order valence-electron chi connectivity index (χ3n) is 4.60. The number of nitrogens with one attached hydrogen (secondary N) is 2. The standard InChI is InChI=1S/C20H25N5O4/c1-3-29-20(27)25-9-7-15(8-10-25)23-17-12-18(22-13-21-17)24-16-6-4-5-14(11-16)19(26)28-2/h4-6,11-13,15H,3,7-10H2,1-2H3,(H2,21,22,23,24). The summed E-state index contributed by atoms with van der Waals surface area (Å²) in [6.07, 6.45) is 2.84. The predicted molar refractivity (Wildman–Crippen MR) is 108 cm³/mol. The first-order valence-corrected chi connectivity index (χ1v) is 9.54. The molecule has 2 aromatic rings. The average Bonchev–Trinajstić information content (AvgIpc) is 2.74. The molecule has 154 valence electrons. The number of nitrogens with zero attached hydrogens (tertiary/aromatic N) is 3. The van der Waals surface area contributed by atoms with Crippen LogP contribution in [0.1, 0.15) is 30.1 Å². The molecule has 0 unspecified atom stereocenters. The van der Waals surface area contributed by atoms with Gasteiger partial charge in [0, 0.05) is 30.9 Å². The maximum Gasteiger partial charge on any atom is 0.409 e. The van der Waals surface area contributed by atoms with E-state index in [0.717, 1.165) is 18.5 Å². The van der Waals surface area contributed by atoms with Gasteiger partial charge in [0.05, 0.1) is 19.3 Å². The van der Waals surface area contributed by atoms with Crippen LogP contribution >= 0.6 is 0 Å². The third-order valence-corrected chi connectivity index (χ3v) is 4.60. The molecular weight excluding hydrogens is 374 g/mol. The number of piperidine rings is 1. The number of carbonyl (C=O) groups excluding carboxylic acids is 2. The van der Waals surface area contributed by atoms with E-state index in [-0.39, 0.29) is 12.1 Å². The Bertz CT molecular complexity index is 852. The Labute approximate surface area is 169 Å². The van der Waals surface area contributed by atoms with Gasteiger partial charge in [-0.15, -0.1) is 0 Å². The molecule has 1 aliphatic heterocycles. The fraction of sp³-hybridized carbons (Fsp3) is 0.400. The molecule has 1 aromatic carbocycles. The molecule has 2 heterocycles. The minimum Gasteiger partial charge on any atom is -0.465 e. The van der Waals surface area contributed by atoms with E-state index in [1.165, 1.54) is 13.4 Å². The molecule has 0 bridgehead atoms. The molecule has 0 saturated carbocycles. The number of carbonyl (C=O) groups is 2. The van der Waals surface area contributed by atoms with Crippen molar-refractivity contribution >= 4 is 29.4 Å². The summed E-state index contributed by atoms with van der Waals surface area (Å²) in [6, 6.07) is 9.02. The summed E-state index contributed by atoms with van der Waals surface area (Å²) in [5.41, 5.74) is 1.18. The van der Waals surface area contributed by atoms with Crippen molar-refractivity contribution in [1.29, 1.82) is 0 Å². The number of likely N-dealkylation sites (tertiary alicyclic amines) is 1. The molecule has 1 fully saturated rings. The van der Waals surface area contributed by atoms with Crippen LogP contribution in [0.15, 0.2) is 36.7 Å². The van der Waals surface area contributed by atoms with Gasteiger partial charge in [0.25, 0.3) is 0 Å². The van der Waals surface area contributed by atoms with E-state index in [9.17, 15) is 9.59 Å². The van der Waals surface area contributed by atoms with Crippen molar-refractivity contribution in [3.05, 3.63) is 42.2 Å². The molecule has 0 radical (unpaired) electrons. The maximum absolute atomic E-state index is 11.8. The highest BCUT2D eigenvalue weighted by Crippen LogP contribution is 2.20. The van der Waals surface area contributed by atoms with Crippen LogP contribution in [0, 0.1) is 0 Å². The quantitative estimate of drug-likeness (QED) is 0.714. The zero-order valence-corrected chi connectivity index (χ0v) is 16.6. The second-order valence-electron chi connectivity index (χ2n) is 6.59. The highest BCUT2D eigenvalue weighted by Gasteiger charge is 2.23. The fourth-order valence-electron chi connectivity index (χ4n) is 3.12. The van der Waals surface area contributed by atoms with Gasteiger partial charge in [-0.05, 0) is 38.0 Å². The van der Waals surface area contributed by atoms with Gasteiger partial charge in [0.1, 0.15) is 18.0 Å². The molecule has 1 amide bonds. The lowest BCUT2D eigenvalue weighted by molar-refractivity contribution is 0.0600. The molecule has 29 heavy (non-hydrogen) atoms. The first-order valence-electron chi connectivity index (χ1n) is 9.54. The molecular formula is C20H25N5O4. The number of benzene rings is 1. The molecule has 9 heteroatoms. The van der Waals surface area contributed by atoms with Crippen LogP contribution in [0.3, 0.4) is 0 Å². The molecule has 0 spiro atoms. The van der Waals surface area contributed by atoms with E-state index in [2.05, 4.69) is 20.6 Å². The van der Waals surface area contributed by atoms with Crippen LogP contribution in [0.5, 0.6) is 0 Å². The highest BCUT2D eigenvalue weighted by molar-refractivity contribution is 5.90. The largest absolute Gasteiger partial charge is 0.465 e. The Hall–Kier alpha value is -3.36. The summed E-state index contributed by atoms with van der Waals surface area (Å²) in [7, 11) is 1.35. The Morgan fingerprint density at radius 3 is 2.66 bits per heavy atom. The van der Waals surface area contributed by atoms with Gasteiger partial charge in [0.15, 0.2) is 0 Å². The van der Waals surface area contributed by atoms with Gasteiger partial charge in [0.2, 0.25) is 0 Å². The van der Waals surface area contributed by atoms with E-state index in [1.807, 2.05) is 12.1 Å². The molecule has 1 saturated heterocycles. The number of hydrogen-bond acceptors (Lipinski definition) is 8. The van der Waals surface area contributed by atoms with Crippen molar-refractivity contribution in [3.8, 4) is 0 Å². The topological polar surface area (TPSA) is 106 Å². The van der Waals surface area contributed by atoms with Crippen LogP contribution in [0.25, 0.3) is 0 Å². The van der Waals surface area contributed by atoms with Crippen molar-refractivity contribution in [2.75, 3.05) is 37.4 Å². The molecule has 1 aromatic heterocycles. The minimum atomic E-state index is -0.396. The Kier molecular flexibility index (Phi) is 6.83. The molecule has 0 aliphatic carbocycles. The third kappa shape index (κ3) is 5.56. The number of hydrogen-bond donors (Lipinski definition) is 2. The van der Waals surface area contributed by atoms with Crippen LogP contribution in [0.2, 0.25) is 0 Å². The average molecular weight is 399 g/mol. The highest BCUT2D eigenvalue weighted by atomic mass is 16.6. The summed E-state index contributed by atoms with van der Waals surface area (Å²) in [4.78, 5) is 33.7. The van der Waals surface area contributed by atoms with E-state index >= 15 is 0 Å². The second-order valence-corrected chi connectivity index (χ2v) is 6.59. The number of rotatable bonds is 6. The van der Waals surface area contributed by atoms with E-state index in [4.69, 9.17) is 9.47 Å². The van der Waals surface area contributed by atoms with E-state index in [0.29, 0.717) is 36.9 Å². The minimum absolute atomic E-state index is 0.214. The second kappa shape index (κ2) is 9.72. The lowest BCUT2D eigenvalue weighted by Gasteiger charge is -2.31. The lowest BCUT2D eigenvalue weighted by Crippen LogP contribution is -2.42. The number of esters is 1. The summed E-state index contributed by atoms with van der Waals surface area (Å²) >= 11 is 0. The van der Waals surface area contributed by atoms with Crippen LogP contribution < -0.4 is 10.6 Å². The number of aromatic nitrogens is 2. The molecule has 0 atom stereocenters. The van der Waals surface area contributed by atoms with Crippen molar-refractivity contribution < 1.29 is 19.1 Å². The Morgan fingerprint density at radius 1 is 1.17 bits per heavy atom. The van der Waals surface area contributed by atoms with E-state index in [1.54, 1.807) is 30.0 Å². The van der Waals surface area contributed by atoms with Crippen molar-refractivity contribution in [2.24, 2.45) is 0 Å². The first-order chi connectivity index (χ1) is 14.1. The van der Waals surface area contributed by atoms with Gasteiger partial charge in [-0.3, -0.25) is 0 Å². The summed E-state index contributed by atoms with van der Waals surface area (Å²) in [6.45, 7) is 3.48. The monoisotopic (exact) mass is 399 g/mol. The number of amides is 1. The van der Waals surface area contributed by atoms with Gasteiger partial charge in [-0.1, -0.05) is 6.07 Å². The number of ether oxygens (including phenoxy) is 2. The normalized spacial score (nSPS) is 14.2. The Balaban J connectivity index is 1.58. The Morgan fingerprint density at radius 2 is 1.93 bits per heavy atom. The summed E-state index contributed by atoms with van der Waals surface area (Å²) in [5.74, 6) is 0.905. The number of methoxy groups -OCH3 is 1. The number of anilines is 3. The molecule has 2 N–H and O–H groups in total. The predicted octanol–water partition coefficient (Wildman–Crippen LogP) is 3.04. The van der Waals surface area contributed by atoms with Crippen LogP contribution in [-0.4, -0.2) is 59.8 Å². The SMILES string of the molecule is CCOC(=O)N1CCC(Nc2cc(Nc3cccc(C(=O)OC)c3)ncn2)CC1. The first kappa shape index (κ1) is 20.4. The van der Waals surface area contributed by atoms with Crippen molar-refractivity contribution in [2.45, 2.75) is 25.8 Å². The lowest BCUT2D eigenvalue weighted by atomic mass is 10.1. The molecule has 1 aliphatic rings. The van der Waals surface area contributed by atoms with Gasteiger partial charge in [-0.25, -0.2) is 19.6 Å².